The molecule has 0 aromatic heterocycles. The lowest BCUT2D eigenvalue weighted by Gasteiger charge is -2.20. The van der Waals surface area contributed by atoms with Gasteiger partial charge in [0, 0.05) is 31.1 Å². The lowest BCUT2D eigenvalue weighted by Crippen LogP contribution is -2.35. The fraction of sp³-hybridized carbons (Fsp3) is 0.259. The fourth-order valence-corrected chi connectivity index (χ4v) is 4.32. The second kappa shape index (κ2) is 9.69. The zero-order valence-corrected chi connectivity index (χ0v) is 18.5. The van der Waals surface area contributed by atoms with E-state index in [1.165, 1.54) is 0 Å². The topological polar surface area (TPSA) is 58.6 Å². The largest absolute Gasteiger partial charge is 0.496 e. The number of carbonyl (C=O) groups excluding carboxylic acids is 2. The zero-order valence-electron chi connectivity index (χ0n) is 18.5. The van der Waals surface area contributed by atoms with Gasteiger partial charge in [0.25, 0.3) is 5.91 Å². The lowest BCUT2D eigenvalue weighted by atomic mass is 9.87. The normalized spacial score (nSPS) is 17.8. The van der Waals surface area contributed by atoms with E-state index in [4.69, 9.17) is 4.74 Å². The molecule has 0 spiro atoms. The molecule has 0 saturated carbocycles. The van der Waals surface area contributed by atoms with Crippen LogP contribution in [-0.4, -0.2) is 36.9 Å². The molecule has 1 saturated heterocycles. The number of nitrogens with zero attached hydrogens (tertiary/aromatic N) is 1. The maximum Gasteiger partial charge on any atom is 0.253 e. The van der Waals surface area contributed by atoms with Gasteiger partial charge in [-0.2, -0.15) is 0 Å². The molecule has 2 amide bonds. The van der Waals surface area contributed by atoms with E-state index in [-0.39, 0.29) is 23.7 Å². The predicted octanol–water partition coefficient (Wildman–Crippen LogP) is 4.18. The molecule has 1 heterocycles. The summed E-state index contributed by atoms with van der Waals surface area (Å²) in [5.74, 6) is 0.135. The number of amides is 2. The highest BCUT2D eigenvalue weighted by Crippen LogP contribution is 2.38. The summed E-state index contributed by atoms with van der Waals surface area (Å²) >= 11 is 0. The first kappa shape index (κ1) is 21.6. The van der Waals surface area contributed by atoms with E-state index < -0.39 is 0 Å². The van der Waals surface area contributed by atoms with E-state index in [2.05, 4.69) is 5.32 Å². The molecular weight excluding hydrogens is 400 g/mol. The van der Waals surface area contributed by atoms with E-state index in [1.807, 2.05) is 85.8 Å². The highest BCUT2D eigenvalue weighted by molar-refractivity contribution is 5.95. The molecule has 0 bridgehead atoms. The van der Waals surface area contributed by atoms with Gasteiger partial charge in [0.1, 0.15) is 5.75 Å². The van der Waals surface area contributed by atoms with E-state index >= 15 is 0 Å². The molecule has 0 unspecified atom stereocenters. The molecule has 1 fully saturated rings. The number of hydrogen-bond acceptors (Lipinski definition) is 3. The standard InChI is InChI=1S/C27H28N2O3/c1-19-12-14-21(15-13-19)27(31)29-17-23(22-10-6-7-11-25(22)32-2)24(18-29)26(30)28-16-20-8-4-3-5-9-20/h3-15,23-24H,16-18H2,1-2H3,(H,28,30)/t23-,24+/m0/s1. The first-order valence-electron chi connectivity index (χ1n) is 10.9. The van der Waals surface area contributed by atoms with Crippen molar-refractivity contribution in [1.29, 1.82) is 0 Å². The van der Waals surface area contributed by atoms with Crippen LogP contribution in [0.1, 0.15) is 33.0 Å². The minimum absolute atomic E-state index is 0.0519. The Kier molecular flexibility index (Phi) is 6.55. The Balaban J connectivity index is 1.58. The van der Waals surface area contributed by atoms with Crippen molar-refractivity contribution in [2.75, 3.05) is 20.2 Å². The van der Waals surface area contributed by atoms with Crippen molar-refractivity contribution >= 4 is 11.8 Å². The van der Waals surface area contributed by atoms with Crippen LogP contribution in [0.4, 0.5) is 0 Å². The highest BCUT2D eigenvalue weighted by atomic mass is 16.5. The first-order chi connectivity index (χ1) is 15.6. The summed E-state index contributed by atoms with van der Waals surface area (Å²) in [6.45, 7) is 3.29. The van der Waals surface area contributed by atoms with Crippen molar-refractivity contribution in [2.45, 2.75) is 19.4 Å². The monoisotopic (exact) mass is 428 g/mol. The zero-order chi connectivity index (χ0) is 22.5. The van der Waals surface area contributed by atoms with Gasteiger partial charge in [-0.15, -0.1) is 0 Å². The Morgan fingerprint density at radius 3 is 2.34 bits per heavy atom. The quantitative estimate of drug-likeness (QED) is 0.641. The van der Waals surface area contributed by atoms with Crippen LogP contribution in [-0.2, 0) is 11.3 Å². The number of rotatable bonds is 6. The highest BCUT2D eigenvalue weighted by Gasteiger charge is 2.41. The van der Waals surface area contributed by atoms with Gasteiger partial charge in [0.2, 0.25) is 5.91 Å². The first-order valence-corrected chi connectivity index (χ1v) is 10.9. The molecule has 5 heteroatoms. The Morgan fingerprint density at radius 1 is 0.938 bits per heavy atom. The van der Waals surface area contributed by atoms with E-state index in [0.717, 1.165) is 22.4 Å². The Morgan fingerprint density at radius 2 is 1.62 bits per heavy atom. The molecular formula is C27H28N2O3. The van der Waals surface area contributed by atoms with Crippen LogP contribution in [0, 0.1) is 12.8 Å². The maximum absolute atomic E-state index is 13.3. The van der Waals surface area contributed by atoms with Crippen molar-refractivity contribution < 1.29 is 14.3 Å². The second-order valence-corrected chi connectivity index (χ2v) is 8.23. The molecule has 4 rings (SSSR count). The number of ether oxygens (including phenoxy) is 1. The van der Waals surface area contributed by atoms with E-state index in [0.29, 0.717) is 25.2 Å². The number of benzene rings is 3. The van der Waals surface area contributed by atoms with Gasteiger partial charge in [-0.3, -0.25) is 9.59 Å². The fourth-order valence-electron chi connectivity index (χ4n) is 4.32. The number of para-hydroxylation sites is 1. The van der Waals surface area contributed by atoms with Gasteiger partial charge >= 0.3 is 0 Å². The van der Waals surface area contributed by atoms with E-state index in [9.17, 15) is 9.59 Å². The van der Waals surface area contributed by atoms with Gasteiger partial charge in [0.05, 0.1) is 13.0 Å². The summed E-state index contributed by atoms with van der Waals surface area (Å²) in [5.41, 5.74) is 3.74. The van der Waals surface area contributed by atoms with Crippen LogP contribution in [0.3, 0.4) is 0 Å². The van der Waals surface area contributed by atoms with Crippen molar-refractivity contribution in [3.05, 3.63) is 101 Å². The van der Waals surface area contributed by atoms with Crippen LogP contribution >= 0.6 is 0 Å². The number of carbonyl (C=O) groups is 2. The Hall–Kier alpha value is -3.60. The van der Waals surface area contributed by atoms with Crippen LogP contribution in [0.5, 0.6) is 5.75 Å². The van der Waals surface area contributed by atoms with Crippen molar-refractivity contribution in [2.24, 2.45) is 5.92 Å². The van der Waals surface area contributed by atoms with Crippen molar-refractivity contribution in [3.63, 3.8) is 0 Å². The van der Waals surface area contributed by atoms with Crippen LogP contribution in [0.15, 0.2) is 78.9 Å². The average Bonchev–Trinajstić information content (AvgIpc) is 3.28. The van der Waals surface area contributed by atoms with Crippen LogP contribution in [0.2, 0.25) is 0 Å². The van der Waals surface area contributed by atoms with E-state index in [1.54, 1.807) is 12.0 Å². The predicted molar refractivity (Wildman–Crippen MR) is 125 cm³/mol. The van der Waals surface area contributed by atoms with Crippen LogP contribution in [0.25, 0.3) is 0 Å². The molecule has 0 radical (unpaired) electrons. The summed E-state index contributed by atoms with van der Waals surface area (Å²) in [7, 11) is 1.63. The van der Waals surface area contributed by atoms with Crippen molar-refractivity contribution in [3.8, 4) is 5.75 Å². The van der Waals surface area contributed by atoms with Gasteiger partial charge in [-0.25, -0.2) is 0 Å². The summed E-state index contributed by atoms with van der Waals surface area (Å²) < 4.78 is 5.57. The Bertz CT molecular complexity index is 1080. The SMILES string of the molecule is COc1ccccc1[C@@H]1CN(C(=O)c2ccc(C)cc2)C[C@H]1C(=O)NCc1ccccc1. The molecule has 3 aromatic carbocycles. The summed E-state index contributed by atoms with van der Waals surface area (Å²) in [6, 6.07) is 25.1. The van der Waals surface area contributed by atoms with Gasteiger partial charge in [-0.05, 0) is 36.2 Å². The molecule has 5 nitrogen and oxygen atoms in total. The van der Waals surface area contributed by atoms with Gasteiger partial charge < -0.3 is 15.0 Å². The third-order valence-electron chi connectivity index (χ3n) is 6.09. The number of aryl methyl sites for hydroxylation is 1. The molecule has 1 aliphatic rings. The molecule has 164 valence electrons. The number of nitrogens with one attached hydrogen (secondary N) is 1. The minimum atomic E-state index is -0.357. The molecule has 32 heavy (non-hydrogen) atoms. The van der Waals surface area contributed by atoms with Crippen LogP contribution < -0.4 is 10.1 Å². The summed E-state index contributed by atoms with van der Waals surface area (Å²) in [5, 5.41) is 3.07. The third kappa shape index (κ3) is 4.67. The number of likely N-dealkylation sites (tertiary alicyclic amines) is 1. The van der Waals surface area contributed by atoms with Crippen molar-refractivity contribution in [1.82, 2.24) is 10.2 Å². The molecule has 2 atom stereocenters. The Labute approximate surface area is 189 Å². The third-order valence-corrected chi connectivity index (χ3v) is 6.09. The second-order valence-electron chi connectivity index (χ2n) is 8.23. The number of methoxy groups -OCH3 is 1. The summed E-state index contributed by atoms with van der Waals surface area (Å²) in [6.07, 6.45) is 0. The molecule has 3 aromatic rings. The lowest BCUT2D eigenvalue weighted by molar-refractivity contribution is -0.125. The maximum atomic E-state index is 13.3. The molecule has 1 N–H and O–H groups in total. The summed E-state index contributed by atoms with van der Waals surface area (Å²) in [4.78, 5) is 28.2. The van der Waals surface area contributed by atoms with Gasteiger partial charge in [0.15, 0.2) is 0 Å². The molecule has 1 aliphatic heterocycles. The van der Waals surface area contributed by atoms with Gasteiger partial charge in [-0.1, -0.05) is 66.2 Å². The average molecular weight is 429 g/mol. The molecule has 0 aliphatic carbocycles. The minimum Gasteiger partial charge on any atom is -0.496 e. The smallest absolute Gasteiger partial charge is 0.253 e. The number of hydrogen-bond donors (Lipinski definition) is 1.